The third-order valence-corrected chi connectivity index (χ3v) is 4.71. The molecule has 1 fully saturated rings. The minimum Gasteiger partial charge on any atom is -0.368 e. The molecule has 0 spiro atoms. The largest absolute Gasteiger partial charge is 0.368 e. The first-order chi connectivity index (χ1) is 14.1. The summed E-state index contributed by atoms with van der Waals surface area (Å²) in [7, 11) is 0. The number of halogens is 2. The first-order valence-electron chi connectivity index (χ1n) is 9.24. The van der Waals surface area contributed by atoms with Gasteiger partial charge in [-0.1, -0.05) is 6.07 Å². The molecule has 1 saturated heterocycles. The topological polar surface area (TPSA) is 61.4 Å². The molecule has 1 aromatic heterocycles. The maximum absolute atomic E-state index is 13.3. The fourth-order valence-electron chi connectivity index (χ4n) is 3.22. The van der Waals surface area contributed by atoms with Gasteiger partial charge in [-0.2, -0.15) is 0 Å². The average Bonchev–Trinajstić information content (AvgIpc) is 2.74. The van der Waals surface area contributed by atoms with Gasteiger partial charge in [-0.15, -0.1) is 0 Å². The lowest BCUT2D eigenvalue weighted by Gasteiger charge is -2.36. The Balaban J connectivity index is 1.40. The Hall–Kier alpha value is -3.55. The average molecular weight is 395 g/mol. The zero-order chi connectivity index (χ0) is 20.2. The van der Waals surface area contributed by atoms with Crippen LogP contribution in [0.1, 0.15) is 10.5 Å². The van der Waals surface area contributed by atoms with Crippen LogP contribution in [0.4, 0.5) is 26.1 Å². The van der Waals surface area contributed by atoms with E-state index >= 15 is 0 Å². The highest BCUT2D eigenvalue weighted by Crippen LogP contribution is 2.18. The minimum absolute atomic E-state index is 0.187. The van der Waals surface area contributed by atoms with Crippen LogP contribution in [0.25, 0.3) is 0 Å². The SMILES string of the molecule is O=C(c1ccnc(Nc2cccc(F)c2)n1)N1CCN(c2ccc(F)cc2)CC1. The van der Waals surface area contributed by atoms with Crippen LogP contribution in [0.5, 0.6) is 0 Å². The fourth-order valence-corrected chi connectivity index (χ4v) is 3.22. The molecule has 0 saturated carbocycles. The molecule has 3 aromatic rings. The number of nitrogens with one attached hydrogen (secondary N) is 1. The number of amides is 1. The lowest BCUT2D eigenvalue weighted by Crippen LogP contribution is -2.49. The summed E-state index contributed by atoms with van der Waals surface area (Å²) in [6.45, 7) is 2.37. The number of piperazine rings is 1. The number of benzene rings is 2. The summed E-state index contributed by atoms with van der Waals surface area (Å²) in [5.41, 5.74) is 1.71. The molecule has 0 unspecified atom stereocenters. The summed E-state index contributed by atoms with van der Waals surface area (Å²) in [5, 5.41) is 2.90. The van der Waals surface area contributed by atoms with E-state index < -0.39 is 0 Å². The van der Waals surface area contributed by atoms with Gasteiger partial charge in [0.05, 0.1) is 0 Å². The number of carbonyl (C=O) groups excluding carboxylic acids is 1. The molecule has 6 nitrogen and oxygen atoms in total. The highest BCUT2D eigenvalue weighted by molar-refractivity contribution is 5.92. The van der Waals surface area contributed by atoms with E-state index in [1.54, 1.807) is 35.2 Å². The molecule has 1 aliphatic heterocycles. The molecule has 148 valence electrons. The molecule has 1 N–H and O–H groups in total. The van der Waals surface area contributed by atoms with Gasteiger partial charge in [0.1, 0.15) is 17.3 Å². The van der Waals surface area contributed by atoms with E-state index in [9.17, 15) is 13.6 Å². The van der Waals surface area contributed by atoms with Crippen molar-refractivity contribution in [3.8, 4) is 0 Å². The van der Waals surface area contributed by atoms with Gasteiger partial charge in [0.25, 0.3) is 5.91 Å². The predicted molar refractivity (Wildman–Crippen MR) is 106 cm³/mol. The molecule has 0 aliphatic carbocycles. The maximum Gasteiger partial charge on any atom is 0.272 e. The quantitative estimate of drug-likeness (QED) is 0.733. The minimum atomic E-state index is -0.374. The first-order valence-corrected chi connectivity index (χ1v) is 9.24. The Bertz CT molecular complexity index is 1000. The number of hydrogen-bond acceptors (Lipinski definition) is 5. The Morgan fingerprint density at radius 3 is 2.41 bits per heavy atom. The van der Waals surface area contributed by atoms with Crippen LogP contribution < -0.4 is 10.2 Å². The van der Waals surface area contributed by atoms with Gasteiger partial charge in [0.2, 0.25) is 5.95 Å². The van der Waals surface area contributed by atoms with Crippen LogP contribution >= 0.6 is 0 Å². The third-order valence-electron chi connectivity index (χ3n) is 4.71. The van der Waals surface area contributed by atoms with Crippen molar-refractivity contribution in [2.45, 2.75) is 0 Å². The van der Waals surface area contributed by atoms with Gasteiger partial charge in [-0.05, 0) is 48.5 Å². The number of anilines is 3. The van der Waals surface area contributed by atoms with Crippen LogP contribution in [0, 0.1) is 11.6 Å². The Labute approximate surface area is 166 Å². The van der Waals surface area contributed by atoms with Crippen molar-refractivity contribution in [1.29, 1.82) is 0 Å². The van der Waals surface area contributed by atoms with Crippen molar-refractivity contribution < 1.29 is 13.6 Å². The normalized spacial score (nSPS) is 14.0. The van der Waals surface area contributed by atoms with Crippen LogP contribution in [-0.2, 0) is 0 Å². The molecule has 1 aliphatic rings. The van der Waals surface area contributed by atoms with Gasteiger partial charge < -0.3 is 15.1 Å². The Kier molecular flexibility index (Phi) is 5.33. The van der Waals surface area contributed by atoms with Crippen molar-refractivity contribution in [1.82, 2.24) is 14.9 Å². The number of aromatic nitrogens is 2. The Morgan fingerprint density at radius 1 is 0.931 bits per heavy atom. The van der Waals surface area contributed by atoms with E-state index in [0.717, 1.165) is 5.69 Å². The second-order valence-corrected chi connectivity index (χ2v) is 6.66. The molecule has 2 heterocycles. The van der Waals surface area contributed by atoms with Gasteiger partial charge in [-0.25, -0.2) is 18.7 Å². The van der Waals surface area contributed by atoms with Gasteiger partial charge >= 0.3 is 0 Å². The highest BCUT2D eigenvalue weighted by atomic mass is 19.1. The maximum atomic E-state index is 13.3. The van der Waals surface area contributed by atoms with Gasteiger partial charge in [-0.3, -0.25) is 4.79 Å². The molecule has 8 heteroatoms. The van der Waals surface area contributed by atoms with Crippen molar-refractivity contribution in [3.05, 3.63) is 78.1 Å². The van der Waals surface area contributed by atoms with Crippen LogP contribution in [0.3, 0.4) is 0 Å². The zero-order valence-corrected chi connectivity index (χ0v) is 15.6. The van der Waals surface area contributed by atoms with Gasteiger partial charge in [0.15, 0.2) is 0 Å². The second kappa shape index (κ2) is 8.22. The van der Waals surface area contributed by atoms with Crippen molar-refractivity contribution in [2.75, 3.05) is 36.4 Å². The lowest BCUT2D eigenvalue weighted by atomic mass is 10.2. The van der Waals surface area contributed by atoms with E-state index in [2.05, 4.69) is 20.2 Å². The summed E-state index contributed by atoms with van der Waals surface area (Å²) in [5.74, 6) is -0.602. The van der Waals surface area contributed by atoms with Crippen molar-refractivity contribution >= 4 is 23.2 Å². The fraction of sp³-hybridized carbons (Fsp3) is 0.190. The molecule has 0 radical (unpaired) electrons. The van der Waals surface area contributed by atoms with Gasteiger partial charge in [0, 0.05) is 43.8 Å². The number of carbonyl (C=O) groups is 1. The zero-order valence-electron chi connectivity index (χ0n) is 15.6. The monoisotopic (exact) mass is 395 g/mol. The summed E-state index contributed by atoms with van der Waals surface area (Å²) < 4.78 is 26.4. The van der Waals surface area contributed by atoms with Crippen molar-refractivity contribution in [3.63, 3.8) is 0 Å². The van der Waals surface area contributed by atoms with Crippen LogP contribution in [0.15, 0.2) is 60.8 Å². The molecule has 4 rings (SSSR count). The highest BCUT2D eigenvalue weighted by Gasteiger charge is 2.23. The van der Waals surface area contributed by atoms with E-state index in [1.807, 2.05) is 0 Å². The lowest BCUT2D eigenvalue weighted by molar-refractivity contribution is 0.0741. The molecule has 1 amide bonds. The van der Waals surface area contributed by atoms with E-state index in [0.29, 0.717) is 31.9 Å². The molecular weight excluding hydrogens is 376 g/mol. The summed E-state index contributed by atoms with van der Waals surface area (Å²) in [4.78, 5) is 25.0. The van der Waals surface area contributed by atoms with E-state index in [1.165, 1.54) is 30.5 Å². The second-order valence-electron chi connectivity index (χ2n) is 6.66. The predicted octanol–water partition coefficient (Wildman–Crippen LogP) is 3.46. The standard InChI is InChI=1S/C21H19F2N5O/c22-15-4-6-18(7-5-15)27-10-12-28(13-11-27)20(29)19-8-9-24-21(26-19)25-17-3-1-2-16(23)14-17/h1-9,14H,10-13H2,(H,24,25,26). The molecule has 29 heavy (non-hydrogen) atoms. The van der Waals surface area contributed by atoms with E-state index in [4.69, 9.17) is 0 Å². The van der Waals surface area contributed by atoms with E-state index in [-0.39, 0.29) is 29.2 Å². The third kappa shape index (κ3) is 4.48. The van der Waals surface area contributed by atoms with Crippen LogP contribution in [0.2, 0.25) is 0 Å². The molecule has 0 bridgehead atoms. The number of rotatable bonds is 4. The summed E-state index contributed by atoms with van der Waals surface area (Å²) in [6, 6.07) is 13.8. The molecular formula is C21H19F2N5O. The van der Waals surface area contributed by atoms with Crippen LogP contribution in [-0.4, -0.2) is 47.0 Å². The smallest absolute Gasteiger partial charge is 0.272 e. The first kappa shape index (κ1) is 18.8. The van der Waals surface area contributed by atoms with Crippen molar-refractivity contribution in [2.24, 2.45) is 0 Å². The summed E-state index contributed by atoms with van der Waals surface area (Å²) in [6.07, 6.45) is 1.50. The number of nitrogens with zero attached hydrogens (tertiary/aromatic N) is 4. The Morgan fingerprint density at radius 2 is 1.69 bits per heavy atom. The summed E-state index contributed by atoms with van der Waals surface area (Å²) >= 11 is 0. The number of hydrogen-bond donors (Lipinski definition) is 1. The molecule has 2 aromatic carbocycles. The molecule has 0 atom stereocenters.